The van der Waals surface area contributed by atoms with Crippen LogP contribution in [0, 0.1) is 39.9 Å². The Morgan fingerprint density at radius 3 is 2.74 bits per heavy atom. The molecular formula is C23H20N6O2. The molecule has 2 unspecified atom stereocenters. The molecule has 3 saturated carbocycles. The maximum absolute atomic E-state index is 13.5. The number of ether oxygens (including phenoxy) is 1. The van der Waals surface area contributed by atoms with E-state index in [-0.39, 0.29) is 17.4 Å². The van der Waals surface area contributed by atoms with E-state index in [4.69, 9.17) is 15.3 Å². The summed E-state index contributed by atoms with van der Waals surface area (Å²) in [6, 6.07) is 9.10. The van der Waals surface area contributed by atoms with Crippen molar-refractivity contribution in [3.8, 4) is 18.0 Å². The number of hydrogen-bond donors (Lipinski definition) is 0. The molecule has 3 aliphatic carbocycles. The Hall–Kier alpha value is -3.78. The van der Waals surface area contributed by atoms with Crippen LogP contribution in [0.5, 0.6) is 5.88 Å². The second kappa shape index (κ2) is 7.48. The number of carbonyl (C=O) groups excluding carboxylic acids is 1. The molecule has 8 heteroatoms. The summed E-state index contributed by atoms with van der Waals surface area (Å²) < 4.78 is 5.84. The second-order valence-corrected chi connectivity index (χ2v) is 8.54. The van der Waals surface area contributed by atoms with Crippen LogP contribution in [0.4, 0.5) is 0 Å². The molecule has 2 bridgehead atoms. The standard InChI is InChI=1S/C23H20N6O2/c24-9-15-1-2-21(27-12-15)31-14-19-8-23(6-18(19)7-23)22(30)29-20(3-4-28-29)17-5-16(10-25)11-26-13-17/h1-2,4-5,11-13,18-20H,3,6-8,14H2. The van der Waals surface area contributed by atoms with Crippen molar-refractivity contribution in [2.24, 2.45) is 22.4 Å². The van der Waals surface area contributed by atoms with Gasteiger partial charge >= 0.3 is 0 Å². The number of hydrogen-bond acceptors (Lipinski definition) is 7. The predicted molar refractivity (Wildman–Crippen MR) is 109 cm³/mol. The summed E-state index contributed by atoms with van der Waals surface area (Å²) in [7, 11) is 0. The number of fused-ring (bicyclic) bond motifs is 1. The van der Waals surface area contributed by atoms with E-state index in [0.29, 0.717) is 41.9 Å². The molecule has 2 aromatic heterocycles. The molecule has 0 spiro atoms. The van der Waals surface area contributed by atoms with Gasteiger partial charge in [0.05, 0.1) is 29.2 Å². The van der Waals surface area contributed by atoms with E-state index in [1.807, 2.05) is 6.07 Å². The molecule has 0 radical (unpaired) electrons. The van der Waals surface area contributed by atoms with Crippen molar-refractivity contribution in [1.82, 2.24) is 15.0 Å². The van der Waals surface area contributed by atoms with Gasteiger partial charge in [-0.05, 0) is 48.8 Å². The van der Waals surface area contributed by atoms with Crippen molar-refractivity contribution in [3.63, 3.8) is 0 Å². The van der Waals surface area contributed by atoms with Gasteiger partial charge in [-0.1, -0.05) is 0 Å². The Labute approximate surface area is 179 Å². The van der Waals surface area contributed by atoms with Crippen molar-refractivity contribution >= 4 is 12.1 Å². The number of pyridine rings is 2. The van der Waals surface area contributed by atoms with Gasteiger partial charge in [0.2, 0.25) is 11.8 Å². The summed E-state index contributed by atoms with van der Waals surface area (Å²) in [5.74, 6) is 1.33. The van der Waals surface area contributed by atoms with E-state index in [1.165, 1.54) is 12.4 Å². The molecule has 6 rings (SSSR count). The SMILES string of the molecule is N#Cc1ccc(OCC2CC3(C(=O)N4N=CCC4c4cncc(C#N)c4)CC2C3)nc1. The number of rotatable bonds is 5. The van der Waals surface area contributed by atoms with Gasteiger partial charge in [-0.25, -0.2) is 9.99 Å². The highest BCUT2D eigenvalue weighted by atomic mass is 16.5. The zero-order valence-electron chi connectivity index (χ0n) is 16.8. The van der Waals surface area contributed by atoms with Gasteiger partial charge in [0.15, 0.2) is 0 Å². The molecule has 8 nitrogen and oxygen atoms in total. The Balaban J connectivity index is 1.25. The van der Waals surface area contributed by atoms with Crippen LogP contribution < -0.4 is 4.74 Å². The monoisotopic (exact) mass is 412 g/mol. The Morgan fingerprint density at radius 1 is 1.16 bits per heavy atom. The van der Waals surface area contributed by atoms with Crippen molar-refractivity contribution in [1.29, 1.82) is 10.5 Å². The highest BCUT2D eigenvalue weighted by Crippen LogP contribution is 2.63. The quantitative estimate of drug-likeness (QED) is 0.745. The lowest BCUT2D eigenvalue weighted by molar-refractivity contribution is -0.148. The third-order valence-electron chi connectivity index (χ3n) is 6.70. The smallest absolute Gasteiger partial charge is 0.249 e. The van der Waals surface area contributed by atoms with E-state index in [0.717, 1.165) is 24.8 Å². The van der Waals surface area contributed by atoms with Gasteiger partial charge in [-0.3, -0.25) is 9.78 Å². The van der Waals surface area contributed by atoms with E-state index >= 15 is 0 Å². The molecule has 1 amide bonds. The molecule has 2 aromatic rings. The Bertz CT molecular complexity index is 1120. The lowest BCUT2D eigenvalue weighted by atomic mass is 9.68. The highest BCUT2D eigenvalue weighted by Gasteiger charge is 2.62. The fourth-order valence-corrected chi connectivity index (χ4v) is 5.12. The van der Waals surface area contributed by atoms with E-state index < -0.39 is 0 Å². The van der Waals surface area contributed by atoms with Crippen molar-refractivity contribution < 1.29 is 9.53 Å². The summed E-state index contributed by atoms with van der Waals surface area (Å²) in [5.41, 5.74) is 1.43. The topological polar surface area (TPSA) is 115 Å². The first-order chi connectivity index (χ1) is 15.1. The lowest BCUT2D eigenvalue weighted by Crippen LogP contribution is -2.45. The second-order valence-electron chi connectivity index (χ2n) is 8.54. The molecule has 4 aliphatic rings. The molecule has 154 valence electrons. The van der Waals surface area contributed by atoms with Crippen LogP contribution in [0.2, 0.25) is 0 Å². The third kappa shape index (κ3) is 3.30. The maximum Gasteiger partial charge on any atom is 0.249 e. The highest BCUT2D eigenvalue weighted by molar-refractivity contribution is 5.86. The maximum atomic E-state index is 13.5. The normalized spacial score (nSPS) is 27.9. The molecule has 1 aliphatic heterocycles. The number of amides is 1. The van der Waals surface area contributed by atoms with Crippen LogP contribution in [0.1, 0.15) is 48.4 Å². The lowest BCUT2D eigenvalue weighted by Gasteiger charge is -2.40. The first kappa shape index (κ1) is 19.2. The minimum atomic E-state index is -0.378. The molecule has 3 fully saturated rings. The van der Waals surface area contributed by atoms with E-state index in [9.17, 15) is 4.79 Å². The van der Waals surface area contributed by atoms with Crippen LogP contribution in [0.15, 0.2) is 41.9 Å². The molecule has 3 heterocycles. The van der Waals surface area contributed by atoms with E-state index in [2.05, 4.69) is 21.1 Å². The van der Waals surface area contributed by atoms with Gasteiger partial charge < -0.3 is 4.74 Å². The molecule has 31 heavy (non-hydrogen) atoms. The molecular weight excluding hydrogens is 392 g/mol. The Kier molecular flexibility index (Phi) is 4.63. The summed E-state index contributed by atoms with van der Waals surface area (Å²) >= 11 is 0. The number of aromatic nitrogens is 2. The minimum Gasteiger partial charge on any atom is -0.477 e. The summed E-state index contributed by atoms with van der Waals surface area (Å²) in [4.78, 5) is 21.8. The van der Waals surface area contributed by atoms with Crippen molar-refractivity contribution in [2.75, 3.05) is 6.61 Å². The summed E-state index contributed by atoms with van der Waals surface area (Å²) in [5, 5.41) is 24.0. The van der Waals surface area contributed by atoms with Crippen LogP contribution in [0.25, 0.3) is 0 Å². The van der Waals surface area contributed by atoms with Gasteiger partial charge in [0.25, 0.3) is 0 Å². The predicted octanol–water partition coefficient (Wildman–Crippen LogP) is 2.97. The fourth-order valence-electron chi connectivity index (χ4n) is 5.12. The largest absolute Gasteiger partial charge is 0.477 e. The van der Waals surface area contributed by atoms with Crippen LogP contribution in [0.3, 0.4) is 0 Å². The van der Waals surface area contributed by atoms with E-state index in [1.54, 1.807) is 35.6 Å². The molecule has 0 aromatic carbocycles. The average molecular weight is 412 g/mol. The molecule has 0 N–H and O–H groups in total. The number of nitrogens with zero attached hydrogens (tertiary/aromatic N) is 6. The third-order valence-corrected chi connectivity index (χ3v) is 6.70. The van der Waals surface area contributed by atoms with Gasteiger partial charge in [0, 0.05) is 37.3 Å². The minimum absolute atomic E-state index is 0.0591. The van der Waals surface area contributed by atoms with Crippen LogP contribution in [-0.4, -0.2) is 33.7 Å². The zero-order chi connectivity index (χ0) is 21.4. The summed E-state index contributed by atoms with van der Waals surface area (Å²) in [6.45, 7) is 0.513. The van der Waals surface area contributed by atoms with Crippen molar-refractivity contribution in [3.05, 3.63) is 53.5 Å². The number of hydrazone groups is 1. The van der Waals surface area contributed by atoms with Crippen molar-refractivity contribution in [2.45, 2.75) is 31.7 Å². The van der Waals surface area contributed by atoms with Gasteiger partial charge in [-0.2, -0.15) is 15.6 Å². The van der Waals surface area contributed by atoms with Crippen LogP contribution in [-0.2, 0) is 4.79 Å². The molecule has 0 saturated heterocycles. The Morgan fingerprint density at radius 2 is 2.00 bits per heavy atom. The first-order valence-corrected chi connectivity index (χ1v) is 10.3. The number of nitriles is 2. The van der Waals surface area contributed by atoms with Crippen LogP contribution >= 0.6 is 0 Å². The fraction of sp³-hybridized carbons (Fsp3) is 0.391. The van der Waals surface area contributed by atoms with Gasteiger partial charge in [0.1, 0.15) is 12.1 Å². The zero-order valence-corrected chi connectivity index (χ0v) is 16.8. The number of carbonyl (C=O) groups is 1. The average Bonchev–Trinajstić information content (AvgIpc) is 3.51. The van der Waals surface area contributed by atoms with Gasteiger partial charge in [-0.15, -0.1) is 0 Å². The first-order valence-electron chi connectivity index (χ1n) is 10.3. The summed E-state index contributed by atoms with van der Waals surface area (Å²) in [6.07, 6.45) is 9.60. The molecule has 2 atom stereocenters.